The fourth-order valence-corrected chi connectivity index (χ4v) is 7.10. The van der Waals surface area contributed by atoms with Gasteiger partial charge in [-0.2, -0.15) is 0 Å². The van der Waals surface area contributed by atoms with E-state index in [-0.39, 0.29) is 16.2 Å². The maximum absolute atomic E-state index is 5.93. The summed E-state index contributed by atoms with van der Waals surface area (Å²) in [5.41, 5.74) is 9.13. The Labute approximate surface area is 284 Å². The molecule has 0 amide bonds. The third kappa shape index (κ3) is 8.83. The van der Waals surface area contributed by atoms with Crippen molar-refractivity contribution in [3.05, 3.63) is 108 Å². The molecule has 4 nitrogen and oxygen atoms in total. The Balaban J connectivity index is 1.33. The lowest BCUT2D eigenvalue weighted by atomic mass is 9.69. The van der Waals surface area contributed by atoms with Crippen molar-refractivity contribution in [3.8, 4) is 22.6 Å². The first-order chi connectivity index (χ1) is 22.6. The molecule has 47 heavy (non-hydrogen) atoms. The average molecular weight is 633 g/mol. The molecule has 0 bridgehead atoms. The second-order valence-corrected chi connectivity index (χ2v) is 15.5. The van der Waals surface area contributed by atoms with Crippen molar-refractivity contribution in [1.29, 1.82) is 0 Å². The van der Waals surface area contributed by atoms with E-state index in [1.54, 1.807) is 35.9 Å². The van der Waals surface area contributed by atoms with Gasteiger partial charge in [-0.1, -0.05) is 116 Å². The van der Waals surface area contributed by atoms with E-state index >= 15 is 0 Å². The summed E-state index contributed by atoms with van der Waals surface area (Å²) >= 11 is 0. The molecule has 4 aromatic rings. The zero-order valence-corrected chi connectivity index (χ0v) is 29.8. The zero-order valence-electron chi connectivity index (χ0n) is 29.8. The summed E-state index contributed by atoms with van der Waals surface area (Å²) in [5, 5.41) is 0. The number of hydrogen-bond acceptors (Lipinski definition) is 4. The molecule has 0 radical (unpaired) electrons. The van der Waals surface area contributed by atoms with Gasteiger partial charge < -0.3 is 9.47 Å². The predicted octanol–water partition coefficient (Wildman–Crippen LogP) is 11.4. The number of fused-ring (bicyclic) bond motifs is 3. The molecule has 0 spiro atoms. The molecule has 2 aromatic carbocycles. The van der Waals surface area contributed by atoms with Crippen LogP contribution >= 0.6 is 0 Å². The molecule has 0 N–H and O–H groups in total. The van der Waals surface area contributed by atoms with E-state index in [0.717, 1.165) is 37.6 Å². The summed E-state index contributed by atoms with van der Waals surface area (Å²) in [6.07, 6.45) is 18.9. The van der Waals surface area contributed by atoms with Crippen molar-refractivity contribution >= 4 is 0 Å². The minimum Gasteiger partial charge on any atom is -0.492 e. The lowest BCUT2D eigenvalue weighted by Crippen LogP contribution is -2.27. The highest BCUT2D eigenvalue weighted by atomic mass is 16.5. The highest BCUT2D eigenvalue weighted by molar-refractivity contribution is 5.82. The van der Waals surface area contributed by atoms with Crippen LogP contribution in [0.25, 0.3) is 11.1 Å². The molecular weight excluding hydrogens is 576 g/mol. The second-order valence-electron chi connectivity index (χ2n) is 15.5. The molecule has 0 saturated carbocycles. The van der Waals surface area contributed by atoms with Crippen LogP contribution in [0.3, 0.4) is 0 Å². The maximum atomic E-state index is 5.93. The third-order valence-corrected chi connectivity index (χ3v) is 9.89. The lowest BCUT2D eigenvalue weighted by molar-refractivity contribution is 0.299. The fraction of sp³-hybridized carbons (Fsp3) is 0.488. The molecule has 1 aliphatic rings. The van der Waals surface area contributed by atoms with Crippen LogP contribution in [0.2, 0.25) is 0 Å². The van der Waals surface area contributed by atoms with Crippen LogP contribution in [0.5, 0.6) is 11.5 Å². The molecule has 0 unspecified atom stereocenters. The van der Waals surface area contributed by atoms with Gasteiger partial charge in [-0.25, -0.2) is 0 Å². The van der Waals surface area contributed by atoms with Crippen LogP contribution in [-0.2, 0) is 16.2 Å². The van der Waals surface area contributed by atoms with Crippen molar-refractivity contribution in [1.82, 2.24) is 9.97 Å². The van der Waals surface area contributed by atoms with E-state index < -0.39 is 0 Å². The number of ether oxygens (including phenoxy) is 2. The van der Waals surface area contributed by atoms with Gasteiger partial charge in [0, 0.05) is 17.8 Å². The Bertz CT molecular complexity index is 1430. The van der Waals surface area contributed by atoms with E-state index in [4.69, 9.17) is 9.47 Å². The minimum atomic E-state index is 0.0333. The molecule has 0 saturated heterocycles. The van der Waals surface area contributed by atoms with Crippen molar-refractivity contribution in [2.24, 2.45) is 0 Å². The topological polar surface area (TPSA) is 44.2 Å². The highest BCUT2D eigenvalue weighted by Gasteiger charge is 2.43. The van der Waals surface area contributed by atoms with Crippen LogP contribution < -0.4 is 9.47 Å². The largest absolute Gasteiger partial charge is 0.492 e. The van der Waals surface area contributed by atoms with Gasteiger partial charge in [0.15, 0.2) is 0 Å². The molecule has 0 fully saturated rings. The summed E-state index contributed by atoms with van der Waals surface area (Å²) < 4.78 is 11.9. The number of benzene rings is 2. The number of aromatic nitrogens is 2. The number of pyridine rings is 2. The van der Waals surface area contributed by atoms with E-state index in [1.807, 2.05) is 24.3 Å². The van der Waals surface area contributed by atoms with E-state index in [1.165, 1.54) is 73.6 Å². The van der Waals surface area contributed by atoms with Gasteiger partial charge in [-0.15, -0.1) is 0 Å². The number of nitrogens with zero attached hydrogens (tertiary/aromatic N) is 2. The molecule has 1 aliphatic carbocycles. The van der Waals surface area contributed by atoms with Gasteiger partial charge in [0.2, 0.25) is 0 Å². The first-order valence-corrected chi connectivity index (χ1v) is 17.9. The smallest absolute Gasteiger partial charge is 0.137 e. The monoisotopic (exact) mass is 632 g/mol. The summed E-state index contributed by atoms with van der Waals surface area (Å²) in [6, 6.07) is 22.6. The predicted molar refractivity (Wildman–Crippen MR) is 196 cm³/mol. The standard InChI is InChI=1S/C43H56N2O2/c1-41(2,3)33-19-21-37-38-22-20-34(42(4,5)6)30-40(38)43(39(37)29-33,23-11-7-9-13-27-46-35-17-15-25-44-31-35)24-12-8-10-14-28-47-36-18-16-26-45-32-36/h15-22,25-26,29-32H,7-14,23-24,27-28H2,1-6H3. The SMILES string of the molecule is CC(C)(C)c1ccc2c(c1)C(CCCCCCOc1cccnc1)(CCCCCCOc1cccnc1)c1cc(C(C)(C)C)ccc1-2. The summed E-state index contributed by atoms with van der Waals surface area (Å²) in [5.74, 6) is 1.72. The van der Waals surface area contributed by atoms with Crippen LogP contribution in [0.15, 0.2) is 85.5 Å². The number of hydrogen-bond donors (Lipinski definition) is 0. The summed E-state index contributed by atoms with van der Waals surface area (Å²) in [4.78, 5) is 8.34. The van der Waals surface area contributed by atoms with Crippen LogP contribution in [-0.4, -0.2) is 23.2 Å². The molecule has 4 heteroatoms. The highest BCUT2D eigenvalue weighted by Crippen LogP contribution is 2.55. The average Bonchev–Trinajstić information content (AvgIpc) is 3.32. The Morgan fingerprint density at radius 3 is 1.34 bits per heavy atom. The van der Waals surface area contributed by atoms with Crippen molar-refractivity contribution in [2.75, 3.05) is 13.2 Å². The molecular formula is C43H56N2O2. The molecule has 5 rings (SSSR count). The Kier molecular flexibility index (Phi) is 11.4. The van der Waals surface area contributed by atoms with Crippen LogP contribution in [0, 0.1) is 0 Å². The van der Waals surface area contributed by atoms with Gasteiger partial charge >= 0.3 is 0 Å². The second kappa shape index (κ2) is 15.5. The van der Waals surface area contributed by atoms with Crippen LogP contribution in [0.4, 0.5) is 0 Å². The van der Waals surface area contributed by atoms with Crippen molar-refractivity contribution in [2.45, 2.75) is 122 Å². The Hall–Kier alpha value is -3.66. The van der Waals surface area contributed by atoms with E-state index in [0.29, 0.717) is 0 Å². The molecule has 0 aliphatic heterocycles. The third-order valence-electron chi connectivity index (χ3n) is 9.89. The Morgan fingerprint density at radius 1 is 0.532 bits per heavy atom. The quantitative estimate of drug-likeness (QED) is 0.115. The lowest BCUT2D eigenvalue weighted by Gasteiger charge is -2.35. The zero-order chi connectivity index (χ0) is 33.3. The molecule has 0 atom stereocenters. The minimum absolute atomic E-state index is 0.0333. The normalized spacial score (nSPS) is 13.7. The van der Waals surface area contributed by atoms with Gasteiger partial charge in [-0.05, 0) is 94.2 Å². The molecule has 2 heterocycles. The Morgan fingerprint density at radius 2 is 0.957 bits per heavy atom. The van der Waals surface area contributed by atoms with Gasteiger partial charge in [-0.3, -0.25) is 9.97 Å². The molecule has 2 aromatic heterocycles. The van der Waals surface area contributed by atoms with Crippen molar-refractivity contribution < 1.29 is 9.47 Å². The number of rotatable bonds is 16. The fourth-order valence-electron chi connectivity index (χ4n) is 7.10. The molecule has 250 valence electrons. The van der Waals surface area contributed by atoms with Crippen molar-refractivity contribution in [3.63, 3.8) is 0 Å². The summed E-state index contributed by atoms with van der Waals surface area (Å²) in [6.45, 7) is 15.6. The first kappa shape index (κ1) is 34.7. The summed E-state index contributed by atoms with van der Waals surface area (Å²) in [7, 11) is 0. The number of unbranched alkanes of at least 4 members (excludes halogenated alkanes) is 6. The van der Waals surface area contributed by atoms with Gasteiger partial charge in [0.1, 0.15) is 11.5 Å². The first-order valence-electron chi connectivity index (χ1n) is 17.9. The van der Waals surface area contributed by atoms with E-state index in [9.17, 15) is 0 Å². The maximum Gasteiger partial charge on any atom is 0.137 e. The van der Waals surface area contributed by atoms with Crippen LogP contribution in [0.1, 0.15) is 128 Å². The van der Waals surface area contributed by atoms with E-state index in [2.05, 4.69) is 87.9 Å². The van der Waals surface area contributed by atoms with Gasteiger partial charge in [0.25, 0.3) is 0 Å². The van der Waals surface area contributed by atoms with Gasteiger partial charge in [0.05, 0.1) is 25.6 Å².